The molecule has 1 aliphatic rings. The van der Waals surface area contributed by atoms with Crippen molar-refractivity contribution in [1.29, 1.82) is 0 Å². The molecule has 6 heteroatoms. The van der Waals surface area contributed by atoms with Crippen LogP contribution in [0, 0.1) is 0 Å². The van der Waals surface area contributed by atoms with Crippen LogP contribution in [0.15, 0.2) is 42.5 Å². The first kappa shape index (κ1) is 18.8. The second-order valence-electron chi connectivity index (χ2n) is 6.65. The molecule has 0 spiro atoms. The van der Waals surface area contributed by atoms with Gasteiger partial charge in [-0.1, -0.05) is 18.2 Å². The van der Waals surface area contributed by atoms with E-state index >= 15 is 0 Å². The molecule has 1 aliphatic heterocycles. The number of amides is 3. The van der Waals surface area contributed by atoms with Gasteiger partial charge >= 0.3 is 6.03 Å². The Labute approximate surface area is 159 Å². The zero-order valence-electron chi connectivity index (χ0n) is 15.7. The Kier molecular flexibility index (Phi) is 5.96. The van der Waals surface area contributed by atoms with Crippen molar-refractivity contribution < 1.29 is 14.3 Å². The smallest absolute Gasteiger partial charge is 0.319 e. The zero-order chi connectivity index (χ0) is 19.2. The summed E-state index contributed by atoms with van der Waals surface area (Å²) in [5.41, 5.74) is 4.20. The van der Waals surface area contributed by atoms with Crippen LogP contribution in [0.3, 0.4) is 0 Å². The van der Waals surface area contributed by atoms with Gasteiger partial charge in [0, 0.05) is 32.2 Å². The molecule has 27 heavy (non-hydrogen) atoms. The number of anilines is 1. The molecule has 0 saturated heterocycles. The van der Waals surface area contributed by atoms with Crippen molar-refractivity contribution in [2.45, 2.75) is 26.3 Å². The van der Waals surface area contributed by atoms with E-state index in [9.17, 15) is 9.59 Å². The van der Waals surface area contributed by atoms with Gasteiger partial charge in [0.25, 0.3) is 0 Å². The normalized spacial score (nSPS) is 12.9. The van der Waals surface area contributed by atoms with E-state index in [1.165, 1.54) is 5.56 Å². The van der Waals surface area contributed by atoms with Crippen molar-refractivity contribution in [3.8, 4) is 5.75 Å². The summed E-state index contributed by atoms with van der Waals surface area (Å²) in [6, 6.07) is 13.5. The SMILES string of the molecule is COc1ccc(CCNC(=O)Nc2ccc3c(c2)CN(C(C)=O)CC3)cc1. The monoisotopic (exact) mass is 367 g/mol. The highest BCUT2D eigenvalue weighted by atomic mass is 16.5. The summed E-state index contributed by atoms with van der Waals surface area (Å²) in [5.74, 6) is 0.899. The molecule has 0 saturated carbocycles. The van der Waals surface area contributed by atoms with Crippen LogP contribution in [0.1, 0.15) is 23.6 Å². The van der Waals surface area contributed by atoms with Crippen molar-refractivity contribution >= 4 is 17.6 Å². The molecule has 3 amide bonds. The number of urea groups is 1. The van der Waals surface area contributed by atoms with Gasteiger partial charge in [0.2, 0.25) is 5.91 Å². The number of ether oxygens (including phenoxy) is 1. The van der Waals surface area contributed by atoms with Crippen molar-refractivity contribution in [3.63, 3.8) is 0 Å². The van der Waals surface area contributed by atoms with Gasteiger partial charge in [0.05, 0.1) is 7.11 Å². The third-order valence-corrected chi connectivity index (χ3v) is 4.78. The lowest BCUT2D eigenvalue weighted by molar-refractivity contribution is -0.129. The molecule has 2 aromatic rings. The van der Waals surface area contributed by atoms with Crippen LogP contribution in [-0.2, 0) is 24.2 Å². The minimum absolute atomic E-state index is 0.0790. The van der Waals surface area contributed by atoms with E-state index in [4.69, 9.17) is 4.74 Å². The summed E-state index contributed by atoms with van der Waals surface area (Å²) in [6.45, 7) is 3.48. The Balaban J connectivity index is 1.50. The molecule has 3 rings (SSSR count). The lowest BCUT2D eigenvalue weighted by atomic mass is 9.99. The van der Waals surface area contributed by atoms with Crippen LogP contribution < -0.4 is 15.4 Å². The Hall–Kier alpha value is -3.02. The average Bonchev–Trinajstić information content (AvgIpc) is 2.68. The highest BCUT2D eigenvalue weighted by molar-refractivity contribution is 5.89. The Morgan fingerprint density at radius 1 is 1.11 bits per heavy atom. The Morgan fingerprint density at radius 2 is 1.89 bits per heavy atom. The number of methoxy groups -OCH3 is 1. The van der Waals surface area contributed by atoms with E-state index in [0.29, 0.717) is 13.1 Å². The minimum Gasteiger partial charge on any atom is -0.497 e. The second-order valence-corrected chi connectivity index (χ2v) is 6.65. The van der Waals surface area contributed by atoms with E-state index in [1.54, 1.807) is 14.0 Å². The predicted molar refractivity (Wildman–Crippen MR) is 105 cm³/mol. The average molecular weight is 367 g/mol. The number of rotatable bonds is 5. The largest absolute Gasteiger partial charge is 0.497 e. The fourth-order valence-electron chi connectivity index (χ4n) is 3.19. The number of nitrogens with one attached hydrogen (secondary N) is 2. The molecule has 2 aromatic carbocycles. The third kappa shape index (κ3) is 5.00. The number of carbonyl (C=O) groups is 2. The summed E-state index contributed by atoms with van der Waals surface area (Å²) < 4.78 is 5.14. The quantitative estimate of drug-likeness (QED) is 0.854. The topological polar surface area (TPSA) is 70.7 Å². The maximum atomic E-state index is 12.1. The first-order chi connectivity index (χ1) is 13.0. The number of fused-ring (bicyclic) bond motifs is 1. The van der Waals surface area contributed by atoms with Gasteiger partial charge in [-0.15, -0.1) is 0 Å². The molecular formula is C21H25N3O3. The van der Waals surface area contributed by atoms with Crippen molar-refractivity contribution in [3.05, 3.63) is 59.2 Å². The van der Waals surface area contributed by atoms with E-state index < -0.39 is 0 Å². The van der Waals surface area contributed by atoms with Gasteiger partial charge in [-0.3, -0.25) is 4.79 Å². The Morgan fingerprint density at radius 3 is 2.59 bits per heavy atom. The van der Waals surface area contributed by atoms with Crippen LogP contribution in [0.4, 0.5) is 10.5 Å². The summed E-state index contributed by atoms with van der Waals surface area (Å²) in [7, 11) is 1.64. The van der Waals surface area contributed by atoms with Gasteiger partial charge in [-0.25, -0.2) is 4.79 Å². The van der Waals surface area contributed by atoms with Gasteiger partial charge in [-0.2, -0.15) is 0 Å². The molecule has 0 atom stereocenters. The molecule has 0 aromatic heterocycles. The highest BCUT2D eigenvalue weighted by Crippen LogP contribution is 2.22. The molecule has 0 bridgehead atoms. The standard InChI is InChI=1S/C21H25N3O3/c1-15(25)24-12-10-17-5-6-19(13-18(17)14-24)23-21(26)22-11-9-16-3-7-20(27-2)8-4-16/h3-8,13H,9-12,14H2,1-2H3,(H2,22,23,26). The van der Waals surface area contributed by atoms with Gasteiger partial charge in [-0.05, 0) is 53.8 Å². The molecule has 6 nitrogen and oxygen atoms in total. The predicted octanol–water partition coefficient (Wildman–Crippen LogP) is 2.96. The van der Waals surface area contributed by atoms with E-state index in [1.807, 2.05) is 47.4 Å². The molecule has 0 unspecified atom stereocenters. The van der Waals surface area contributed by atoms with Gasteiger partial charge < -0.3 is 20.3 Å². The first-order valence-corrected chi connectivity index (χ1v) is 9.10. The fourth-order valence-corrected chi connectivity index (χ4v) is 3.19. The maximum absolute atomic E-state index is 12.1. The molecular weight excluding hydrogens is 342 g/mol. The van der Waals surface area contributed by atoms with Crippen LogP contribution >= 0.6 is 0 Å². The zero-order valence-corrected chi connectivity index (χ0v) is 15.7. The summed E-state index contributed by atoms with van der Waals surface area (Å²) >= 11 is 0. The highest BCUT2D eigenvalue weighted by Gasteiger charge is 2.18. The molecule has 0 radical (unpaired) electrons. The van der Waals surface area contributed by atoms with Crippen LogP contribution in [0.25, 0.3) is 0 Å². The van der Waals surface area contributed by atoms with Crippen LogP contribution in [0.5, 0.6) is 5.75 Å². The van der Waals surface area contributed by atoms with Crippen molar-refractivity contribution in [2.24, 2.45) is 0 Å². The number of benzene rings is 2. The summed E-state index contributed by atoms with van der Waals surface area (Å²) in [6.07, 6.45) is 1.60. The van der Waals surface area contributed by atoms with Crippen LogP contribution in [0.2, 0.25) is 0 Å². The first-order valence-electron chi connectivity index (χ1n) is 9.10. The van der Waals surface area contributed by atoms with Crippen molar-refractivity contribution in [1.82, 2.24) is 10.2 Å². The van der Waals surface area contributed by atoms with Crippen LogP contribution in [-0.4, -0.2) is 37.0 Å². The number of carbonyl (C=O) groups excluding carboxylic acids is 2. The number of nitrogens with zero attached hydrogens (tertiary/aromatic N) is 1. The van der Waals surface area contributed by atoms with E-state index in [2.05, 4.69) is 10.6 Å². The molecule has 142 valence electrons. The minimum atomic E-state index is -0.234. The molecule has 0 fully saturated rings. The molecule has 0 aliphatic carbocycles. The maximum Gasteiger partial charge on any atom is 0.319 e. The van der Waals surface area contributed by atoms with Gasteiger partial charge in [0.15, 0.2) is 0 Å². The fraction of sp³-hybridized carbons (Fsp3) is 0.333. The molecule has 2 N–H and O–H groups in total. The van der Waals surface area contributed by atoms with E-state index in [0.717, 1.165) is 42.0 Å². The summed E-state index contributed by atoms with van der Waals surface area (Å²) in [4.78, 5) is 25.5. The van der Waals surface area contributed by atoms with Crippen molar-refractivity contribution in [2.75, 3.05) is 25.5 Å². The Bertz CT molecular complexity index is 818. The number of hydrogen-bond donors (Lipinski definition) is 2. The second kappa shape index (κ2) is 8.58. The lowest BCUT2D eigenvalue weighted by Crippen LogP contribution is -2.34. The number of hydrogen-bond acceptors (Lipinski definition) is 3. The summed E-state index contributed by atoms with van der Waals surface area (Å²) in [5, 5.41) is 5.74. The molecule has 1 heterocycles. The third-order valence-electron chi connectivity index (χ3n) is 4.78. The van der Waals surface area contributed by atoms with Gasteiger partial charge in [0.1, 0.15) is 5.75 Å². The van der Waals surface area contributed by atoms with E-state index in [-0.39, 0.29) is 11.9 Å². The lowest BCUT2D eigenvalue weighted by Gasteiger charge is -2.28.